The van der Waals surface area contributed by atoms with Gasteiger partial charge in [-0.1, -0.05) is 19.1 Å². The molecule has 2 heterocycles. The van der Waals surface area contributed by atoms with Crippen molar-refractivity contribution in [2.24, 2.45) is 0 Å². The molecular weight excluding hydrogens is 436 g/mol. The van der Waals surface area contributed by atoms with Crippen molar-refractivity contribution >= 4 is 33.4 Å². The average Bonchev–Trinajstić information content (AvgIpc) is 3.32. The van der Waals surface area contributed by atoms with E-state index in [9.17, 15) is 9.59 Å². The lowest BCUT2D eigenvalue weighted by atomic mass is 10.1. The van der Waals surface area contributed by atoms with Gasteiger partial charge in [-0.3, -0.25) is 19.0 Å². The Labute approximate surface area is 177 Å². The molecule has 3 aromatic rings. The maximum Gasteiger partial charge on any atom is 0.273 e. The fourth-order valence-electron chi connectivity index (χ4n) is 2.78. The van der Waals surface area contributed by atoms with Crippen LogP contribution in [0.4, 0.5) is 5.69 Å². The lowest BCUT2D eigenvalue weighted by molar-refractivity contribution is 0.0948. The van der Waals surface area contributed by atoms with Crippen molar-refractivity contribution in [1.29, 1.82) is 0 Å². The summed E-state index contributed by atoms with van der Waals surface area (Å²) in [6.07, 6.45) is 6.07. The molecule has 0 atom stereocenters. The van der Waals surface area contributed by atoms with Crippen molar-refractivity contribution in [1.82, 2.24) is 24.9 Å². The Bertz CT molecular complexity index is 1010. The largest absolute Gasteiger partial charge is 0.351 e. The number of aryl methyl sites for hydroxylation is 1. The molecule has 8 nitrogen and oxygen atoms in total. The first-order valence-corrected chi connectivity index (χ1v) is 10.2. The fraction of sp³-hybridized carbons (Fsp3) is 0.300. The second kappa shape index (κ2) is 9.51. The van der Waals surface area contributed by atoms with E-state index >= 15 is 0 Å². The topological polar surface area (TPSA) is 93.8 Å². The number of carbonyl (C=O) groups is 2. The number of rotatable bonds is 8. The van der Waals surface area contributed by atoms with Gasteiger partial charge in [-0.05, 0) is 47.0 Å². The summed E-state index contributed by atoms with van der Waals surface area (Å²) in [7, 11) is 0. The smallest absolute Gasteiger partial charge is 0.273 e. The quantitative estimate of drug-likeness (QED) is 0.541. The first-order valence-electron chi connectivity index (χ1n) is 9.44. The highest BCUT2D eigenvalue weighted by Gasteiger charge is 2.19. The minimum Gasteiger partial charge on any atom is -0.351 e. The Morgan fingerprint density at radius 2 is 1.97 bits per heavy atom. The summed E-state index contributed by atoms with van der Waals surface area (Å²) < 4.78 is 4.30. The Morgan fingerprint density at radius 1 is 1.14 bits per heavy atom. The normalized spacial score (nSPS) is 10.7. The van der Waals surface area contributed by atoms with Crippen LogP contribution in [0.3, 0.4) is 0 Å². The maximum atomic E-state index is 12.8. The van der Waals surface area contributed by atoms with Gasteiger partial charge in [0.1, 0.15) is 0 Å². The molecule has 0 fully saturated rings. The highest BCUT2D eigenvalue weighted by atomic mass is 79.9. The molecular formula is C20H23BrN6O2. The number of aromatic nitrogens is 4. The van der Waals surface area contributed by atoms with Crippen LogP contribution in [0.25, 0.3) is 0 Å². The van der Waals surface area contributed by atoms with Crippen molar-refractivity contribution in [3.05, 3.63) is 64.1 Å². The van der Waals surface area contributed by atoms with E-state index < -0.39 is 0 Å². The van der Waals surface area contributed by atoms with Gasteiger partial charge in [-0.25, -0.2) is 0 Å². The van der Waals surface area contributed by atoms with Gasteiger partial charge in [-0.2, -0.15) is 10.2 Å². The van der Waals surface area contributed by atoms with Crippen LogP contribution in [0.2, 0.25) is 0 Å². The molecule has 1 aromatic carbocycles. The number of anilines is 1. The van der Waals surface area contributed by atoms with Gasteiger partial charge in [-0.15, -0.1) is 0 Å². The molecule has 2 aromatic heterocycles. The van der Waals surface area contributed by atoms with Crippen molar-refractivity contribution in [3.63, 3.8) is 0 Å². The summed E-state index contributed by atoms with van der Waals surface area (Å²) in [5.41, 5.74) is 2.05. The second-order valence-electron chi connectivity index (χ2n) is 6.51. The Kier molecular flexibility index (Phi) is 6.82. The van der Waals surface area contributed by atoms with Crippen LogP contribution < -0.4 is 10.6 Å². The lowest BCUT2D eigenvalue weighted by Gasteiger charge is -2.08. The van der Waals surface area contributed by atoms with E-state index in [2.05, 4.69) is 36.8 Å². The molecule has 0 radical (unpaired) electrons. The van der Waals surface area contributed by atoms with E-state index in [1.807, 2.05) is 38.2 Å². The maximum absolute atomic E-state index is 12.8. The zero-order valence-corrected chi connectivity index (χ0v) is 17.9. The third kappa shape index (κ3) is 5.32. The number of hydrogen-bond donors (Lipinski definition) is 2. The molecule has 152 valence electrons. The van der Waals surface area contributed by atoms with E-state index in [-0.39, 0.29) is 17.5 Å². The van der Waals surface area contributed by atoms with Crippen LogP contribution in [0, 0.1) is 0 Å². The molecule has 0 spiro atoms. The molecule has 2 N–H and O–H groups in total. The SMILES string of the molecule is CCCNC(=O)c1nn(CC)cc1NC(=O)c1cccc(Cn2cc(Br)cn2)c1. The van der Waals surface area contributed by atoms with Crippen LogP contribution in [-0.4, -0.2) is 37.9 Å². The molecule has 9 heteroatoms. The fourth-order valence-corrected chi connectivity index (χ4v) is 3.11. The summed E-state index contributed by atoms with van der Waals surface area (Å²) in [6, 6.07) is 7.31. The molecule has 0 unspecified atom stereocenters. The summed E-state index contributed by atoms with van der Waals surface area (Å²) in [5, 5.41) is 14.1. The zero-order valence-electron chi connectivity index (χ0n) is 16.4. The van der Waals surface area contributed by atoms with Crippen molar-refractivity contribution in [2.45, 2.75) is 33.4 Å². The van der Waals surface area contributed by atoms with Crippen LogP contribution in [0.5, 0.6) is 0 Å². The standard InChI is InChI=1S/C20H23BrN6O2/c1-3-8-22-20(29)18-17(13-26(4-2)25-18)24-19(28)15-7-5-6-14(9-15)11-27-12-16(21)10-23-27/h5-7,9-10,12-13H,3-4,8,11H2,1-2H3,(H,22,29)(H,24,28). The van der Waals surface area contributed by atoms with Crippen LogP contribution >= 0.6 is 15.9 Å². The average molecular weight is 459 g/mol. The highest BCUT2D eigenvalue weighted by Crippen LogP contribution is 2.17. The summed E-state index contributed by atoms with van der Waals surface area (Å²) in [5.74, 6) is -0.596. The van der Waals surface area contributed by atoms with Gasteiger partial charge in [0.2, 0.25) is 0 Å². The van der Waals surface area contributed by atoms with E-state index in [4.69, 9.17) is 0 Å². The number of benzene rings is 1. The molecule has 0 aliphatic heterocycles. The monoisotopic (exact) mass is 458 g/mol. The Hall–Kier alpha value is -2.94. The number of nitrogens with one attached hydrogen (secondary N) is 2. The third-order valence-corrected chi connectivity index (χ3v) is 4.63. The van der Waals surface area contributed by atoms with Gasteiger partial charge < -0.3 is 10.6 Å². The minimum absolute atomic E-state index is 0.214. The zero-order chi connectivity index (χ0) is 20.8. The lowest BCUT2D eigenvalue weighted by Crippen LogP contribution is -2.26. The Morgan fingerprint density at radius 3 is 2.66 bits per heavy atom. The van der Waals surface area contributed by atoms with E-state index in [0.717, 1.165) is 16.5 Å². The highest BCUT2D eigenvalue weighted by molar-refractivity contribution is 9.10. The summed E-state index contributed by atoms with van der Waals surface area (Å²) >= 11 is 3.37. The molecule has 0 saturated carbocycles. The van der Waals surface area contributed by atoms with Crippen molar-refractivity contribution in [2.75, 3.05) is 11.9 Å². The molecule has 29 heavy (non-hydrogen) atoms. The number of amides is 2. The van der Waals surface area contributed by atoms with E-state index in [1.165, 1.54) is 0 Å². The van der Waals surface area contributed by atoms with Gasteiger partial charge in [0.05, 0.1) is 22.9 Å². The first-order chi connectivity index (χ1) is 14.0. The van der Waals surface area contributed by atoms with E-state index in [1.54, 1.807) is 27.8 Å². The molecule has 2 amide bonds. The third-order valence-electron chi connectivity index (χ3n) is 4.22. The molecule has 0 aliphatic rings. The molecule has 0 saturated heterocycles. The second-order valence-corrected chi connectivity index (χ2v) is 7.43. The molecule has 0 bridgehead atoms. The number of carbonyl (C=O) groups excluding carboxylic acids is 2. The minimum atomic E-state index is -0.299. The molecule has 0 aliphatic carbocycles. The number of hydrogen-bond acceptors (Lipinski definition) is 4. The van der Waals surface area contributed by atoms with Gasteiger partial charge >= 0.3 is 0 Å². The molecule has 3 rings (SSSR count). The van der Waals surface area contributed by atoms with Crippen molar-refractivity contribution in [3.8, 4) is 0 Å². The van der Waals surface area contributed by atoms with Crippen LogP contribution in [-0.2, 0) is 13.1 Å². The summed E-state index contributed by atoms with van der Waals surface area (Å²) in [4.78, 5) is 25.2. The van der Waals surface area contributed by atoms with Gasteiger partial charge in [0.15, 0.2) is 5.69 Å². The van der Waals surface area contributed by atoms with Gasteiger partial charge in [0, 0.05) is 31.0 Å². The van der Waals surface area contributed by atoms with Crippen molar-refractivity contribution < 1.29 is 9.59 Å². The van der Waals surface area contributed by atoms with Crippen LogP contribution in [0.1, 0.15) is 46.7 Å². The Balaban J connectivity index is 1.77. The predicted molar refractivity (Wildman–Crippen MR) is 114 cm³/mol. The van der Waals surface area contributed by atoms with E-state index in [0.29, 0.717) is 30.9 Å². The summed E-state index contributed by atoms with van der Waals surface area (Å²) in [6.45, 7) is 5.59. The number of nitrogens with zero attached hydrogens (tertiary/aromatic N) is 4. The number of halogens is 1. The van der Waals surface area contributed by atoms with Crippen LogP contribution in [0.15, 0.2) is 47.3 Å². The first kappa shape index (κ1) is 20.8. The van der Waals surface area contributed by atoms with Gasteiger partial charge in [0.25, 0.3) is 11.8 Å². The predicted octanol–water partition coefficient (Wildman–Crippen LogP) is 3.30.